The van der Waals surface area contributed by atoms with Crippen molar-refractivity contribution in [1.82, 2.24) is 10.2 Å². The summed E-state index contributed by atoms with van der Waals surface area (Å²) in [5, 5.41) is 23.7. The molecule has 0 aliphatic carbocycles. The summed E-state index contributed by atoms with van der Waals surface area (Å²) in [5.41, 5.74) is 1.15. The van der Waals surface area contributed by atoms with Crippen LogP contribution in [0.2, 0.25) is 0 Å². The van der Waals surface area contributed by atoms with Crippen LogP contribution < -0.4 is 10.6 Å². The molecule has 1 fully saturated rings. The predicted octanol–water partition coefficient (Wildman–Crippen LogP) is 5.21. The first-order valence-electron chi connectivity index (χ1n) is 12.3. The average molecular weight is 501 g/mol. The van der Waals surface area contributed by atoms with E-state index in [2.05, 4.69) is 25.5 Å². The summed E-state index contributed by atoms with van der Waals surface area (Å²) in [6.45, 7) is 11.4. The van der Waals surface area contributed by atoms with Crippen LogP contribution in [0, 0.1) is 11.3 Å². The molecule has 1 aromatic rings. The maximum atomic E-state index is 13.0. The number of nitrogens with zero attached hydrogens (tertiary/aromatic N) is 4. The molecule has 0 spiro atoms. The fourth-order valence-electron chi connectivity index (χ4n) is 3.10. The van der Waals surface area contributed by atoms with Crippen LogP contribution in [0.3, 0.4) is 0 Å². The molecule has 1 saturated heterocycles. The molecule has 36 heavy (non-hydrogen) atoms. The highest BCUT2D eigenvalue weighted by Gasteiger charge is 2.17. The summed E-state index contributed by atoms with van der Waals surface area (Å²) in [6, 6.07) is 8.83. The van der Waals surface area contributed by atoms with Gasteiger partial charge >= 0.3 is 0 Å². The number of halogens is 1. The third-order valence-corrected chi connectivity index (χ3v) is 4.97. The van der Waals surface area contributed by atoms with Crippen molar-refractivity contribution in [3.63, 3.8) is 0 Å². The van der Waals surface area contributed by atoms with Crippen molar-refractivity contribution in [2.24, 2.45) is 9.98 Å². The van der Waals surface area contributed by atoms with E-state index in [1.165, 1.54) is 0 Å². The molecule has 0 amide bonds. The van der Waals surface area contributed by atoms with E-state index in [0.29, 0.717) is 30.1 Å². The Labute approximate surface area is 215 Å². The maximum Gasteiger partial charge on any atom is 0.221 e. The van der Waals surface area contributed by atoms with Gasteiger partial charge in [0.05, 0.1) is 11.8 Å². The summed E-state index contributed by atoms with van der Waals surface area (Å²) < 4.78 is 13.0. The van der Waals surface area contributed by atoms with Crippen LogP contribution in [0.15, 0.2) is 58.3 Å². The van der Waals surface area contributed by atoms with Crippen molar-refractivity contribution in [2.75, 3.05) is 31.5 Å². The van der Waals surface area contributed by atoms with Gasteiger partial charge in [-0.25, -0.2) is 9.38 Å². The lowest BCUT2D eigenvalue weighted by Crippen LogP contribution is -2.35. The third-order valence-electron chi connectivity index (χ3n) is 4.97. The Morgan fingerprint density at radius 3 is 2.69 bits per heavy atom. The number of phenolic OH excluding ortho intramolecular Hbond substituents is 1. The predicted molar refractivity (Wildman–Crippen MR) is 147 cm³/mol. The van der Waals surface area contributed by atoms with E-state index in [9.17, 15) is 9.50 Å². The van der Waals surface area contributed by atoms with E-state index in [1.54, 1.807) is 37.4 Å². The zero-order valence-corrected chi connectivity index (χ0v) is 21.8. The zero-order chi connectivity index (χ0) is 27.0. The molecular weight excluding hydrogens is 459 g/mol. The number of phenols is 1. The second-order valence-electron chi connectivity index (χ2n) is 7.62. The molecule has 3 N–H and O–H groups in total. The number of allylic oxidation sites excluding steroid dienone is 2. The van der Waals surface area contributed by atoms with Crippen LogP contribution in [-0.4, -0.2) is 61.3 Å². The van der Waals surface area contributed by atoms with Crippen molar-refractivity contribution in [2.45, 2.75) is 59.0 Å². The molecule has 2 aliphatic heterocycles. The Hall–Kier alpha value is -3.51. The monoisotopic (exact) mass is 500 g/mol. The number of unbranched alkanes of at least 4 members (excludes halogenated alkanes) is 1. The van der Waals surface area contributed by atoms with Crippen molar-refractivity contribution >= 4 is 24.7 Å². The first kappa shape index (κ1) is 32.5. The summed E-state index contributed by atoms with van der Waals surface area (Å²) in [5.74, 6) is 0.872. The second-order valence-corrected chi connectivity index (χ2v) is 7.62. The van der Waals surface area contributed by atoms with E-state index >= 15 is 0 Å². The highest BCUT2D eigenvalue weighted by Crippen LogP contribution is 2.21. The minimum absolute atomic E-state index is 0.171. The van der Waals surface area contributed by atoms with Gasteiger partial charge in [0.25, 0.3) is 0 Å². The fraction of sp³-hybridized carbons (Fsp3) is 0.481. The van der Waals surface area contributed by atoms with Crippen molar-refractivity contribution in [3.8, 4) is 11.8 Å². The number of carbonyl (C=O) groups excluding carboxylic acids is 1. The topological polar surface area (TPSA) is 113 Å². The van der Waals surface area contributed by atoms with E-state index in [1.807, 2.05) is 45.2 Å². The van der Waals surface area contributed by atoms with Gasteiger partial charge in [0, 0.05) is 50.2 Å². The lowest BCUT2D eigenvalue weighted by atomic mass is 10.1. The Morgan fingerprint density at radius 1 is 1.33 bits per heavy atom. The number of anilines is 1. The number of piperidine rings is 1. The molecule has 0 unspecified atom stereocenters. The summed E-state index contributed by atoms with van der Waals surface area (Å²) in [7, 11) is 0. The summed E-state index contributed by atoms with van der Waals surface area (Å²) in [4.78, 5) is 19.0. The van der Waals surface area contributed by atoms with Gasteiger partial charge in [0.2, 0.25) is 5.96 Å². The first-order valence-corrected chi connectivity index (χ1v) is 12.3. The number of hydrogen-bond acceptors (Lipinski definition) is 6. The number of para-hydroxylation sites is 2. The Kier molecular flexibility index (Phi) is 19.8. The normalized spacial score (nSPS) is 16.5. The van der Waals surface area contributed by atoms with Crippen LogP contribution in [0.4, 0.5) is 10.1 Å². The molecule has 0 aromatic heterocycles. The number of rotatable bonds is 7. The molecule has 0 saturated carbocycles. The highest BCUT2D eigenvalue weighted by atomic mass is 19.1. The van der Waals surface area contributed by atoms with Crippen LogP contribution >= 0.6 is 0 Å². The molecule has 1 aromatic carbocycles. The molecule has 9 heteroatoms. The number of alkyl halides is 1. The molecule has 2 heterocycles. The van der Waals surface area contributed by atoms with Crippen LogP contribution in [0.25, 0.3) is 0 Å². The molecule has 0 atom stereocenters. The van der Waals surface area contributed by atoms with Gasteiger partial charge in [-0.15, -0.1) is 0 Å². The number of nitrogens with one attached hydrogen (secondary N) is 2. The minimum atomic E-state index is -0.574. The molecule has 3 rings (SSSR count). The second kappa shape index (κ2) is 22.0. The molecule has 2 aliphatic rings. The van der Waals surface area contributed by atoms with Crippen LogP contribution in [0.1, 0.15) is 52.9 Å². The number of guanidine groups is 1. The molecular formula is C27H41FN6O2. The third kappa shape index (κ3) is 15.4. The van der Waals surface area contributed by atoms with Gasteiger partial charge in [-0.2, -0.15) is 5.26 Å². The zero-order valence-electron chi connectivity index (χ0n) is 21.8. The number of nitriles is 1. The number of aliphatic imine (C=N–C) groups is 2. The first-order chi connectivity index (χ1) is 17.6. The molecule has 0 radical (unpaired) electrons. The lowest BCUT2D eigenvalue weighted by Gasteiger charge is -2.28. The number of hydrogen-bond donors (Lipinski definition) is 3. The van der Waals surface area contributed by atoms with Crippen LogP contribution in [-0.2, 0) is 4.79 Å². The summed E-state index contributed by atoms with van der Waals surface area (Å²) >= 11 is 0. The van der Waals surface area contributed by atoms with E-state index in [0.717, 1.165) is 45.4 Å². The smallest absolute Gasteiger partial charge is 0.221 e. The Bertz CT molecular complexity index is 871. The molecule has 0 bridgehead atoms. The highest BCUT2D eigenvalue weighted by molar-refractivity contribution is 5.89. The minimum Gasteiger partial charge on any atom is -0.506 e. The molecule has 8 nitrogen and oxygen atoms in total. The number of carbonyl (C=O) groups is 1. The van der Waals surface area contributed by atoms with Gasteiger partial charge in [-0.05, 0) is 51.3 Å². The van der Waals surface area contributed by atoms with E-state index in [4.69, 9.17) is 10.1 Å². The van der Waals surface area contributed by atoms with Crippen molar-refractivity contribution in [3.05, 3.63) is 48.3 Å². The van der Waals surface area contributed by atoms with E-state index < -0.39 is 6.17 Å². The van der Waals surface area contributed by atoms with E-state index in [-0.39, 0.29) is 5.75 Å². The van der Waals surface area contributed by atoms with Gasteiger partial charge in [0.1, 0.15) is 18.7 Å². The standard InChI is InChI=1S/C14H23FN4.C10H10N2O.C2H6.CH2O/c15-13-5-11-19(12-6-13)10-4-3-9-18-14-16-7-1-2-8-17-14;1-8(6-11)7-12-9-4-2-3-5-10(9)13;2*1-2/h1,7-8,13H,2-6,9-12H2,(H,16,18);2-5,7,12-13H,1H3;1-2H3;1H2/b;8-7+;;. The Morgan fingerprint density at radius 2 is 2.03 bits per heavy atom. The fourth-order valence-corrected chi connectivity index (χ4v) is 3.10. The SMILES string of the molecule is C/C(C#N)=C\Nc1ccccc1O.C=O.CC.FC1CCN(CCCCN=C2N=CCC=CN2)CC1. The quantitative estimate of drug-likeness (QED) is 0.269. The maximum absolute atomic E-state index is 13.0. The molecule has 198 valence electrons. The van der Waals surface area contributed by atoms with Crippen molar-refractivity contribution in [1.29, 1.82) is 5.26 Å². The van der Waals surface area contributed by atoms with Gasteiger partial charge in [-0.3, -0.25) is 4.99 Å². The number of aromatic hydroxyl groups is 1. The largest absolute Gasteiger partial charge is 0.506 e. The number of benzene rings is 1. The lowest BCUT2D eigenvalue weighted by molar-refractivity contribution is -0.0980. The van der Waals surface area contributed by atoms with Crippen molar-refractivity contribution < 1.29 is 14.3 Å². The van der Waals surface area contributed by atoms with Gasteiger partial charge in [0.15, 0.2) is 0 Å². The summed E-state index contributed by atoms with van der Waals surface area (Å²) in [6.07, 6.45) is 11.2. The Balaban J connectivity index is 0.000000630. The van der Waals surface area contributed by atoms with Gasteiger partial charge in [-0.1, -0.05) is 32.1 Å². The van der Waals surface area contributed by atoms with Crippen LogP contribution in [0.5, 0.6) is 5.75 Å². The van der Waals surface area contributed by atoms with Gasteiger partial charge < -0.3 is 25.4 Å². The average Bonchev–Trinajstić information content (AvgIpc) is 3.20. The number of likely N-dealkylation sites (tertiary alicyclic amines) is 1.